The van der Waals surface area contributed by atoms with Crippen molar-refractivity contribution in [2.75, 3.05) is 42.4 Å². The molecule has 6 unspecified atom stereocenters. The fourth-order valence-electron chi connectivity index (χ4n) is 9.14. The van der Waals surface area contributed by atoms with Crippen molar-refractivity contribution in [3.05, 3.63) is 221 Å². The first-order valence-electron chi connectivity index (χ1n) is 24.6. The Morgan fingerprint density at radius 1 is 0.705 bits per heavy atom. The molecule has 20 heteroatoms. The molecule has 0 saturated carbocycles. The highest BCUT2D eigenvalue weighted by Crippen LogP contribution is 2.49. The molecule has 1 aliphatic rings. The number of aliphatic hydroxyl groups is 2. The van der Waals surface area contributed by atoms with Gasteiger partial charge in [0.25, 0.3) is 0 Å². The first-order chi connectivity index (χ1) is 37.5. The molecule has 8 rings (SSSR count). The van der Waals surface area contributed by atoms with E-state index in [0.717, 1.165) is 11.1 Å². The number of carboxylic acid groups (broad SMARTS) is 1. The predicted molar refractivity (Wildman–Crippen MR) is 278 cm³/mol. The molecular formula is C58H55F5N6O9. The van der Waals surface area contributed by atoms with Crippen LogP contribution in [0.2, 0.25) is 0 Å². The number of hydrogen-bond acceptors (Lipinski definition) is 11. The van der Waals surface area contributed by atoms with Gasteiger partial charge in [-0.1, -0.05) is 97.1 Å². The zero-order valence-electron chi connectivity index (χ0n) is 41.7. The molecule has 1 saturated heterocycles. The average Bonchev–Trinajstić information content (AvgIpc) is 3.62. The normalized spacial score (nSPS) is 15.6. The van der Waals surface area contributed by atoms with Crippen LogP contribution in [0.4, 0.5) is 39.1 Å². The van der Waals surface area contributed by atoms with E-state index >= 15 is 0 Å². The van der Waals surface area contributed by atoms with E-state index in [1.807, 2.05) is 84.9 Å². The number of aliphatic hydroxyl groups excluding tert-OH is 2. The standard InChI is InChI=1S/C56H54F2N6O7.C2HF3O2/c57-40-20-18-37(19-21-40)48(65)27-26-45-53(64(56(45)69)42-24-22-41(58)23-25-42)39-13-8-10-36(32-39)33-62-49(66)34-70-30-31-71-35-50(67)63-46-16-5-4-14-43(46)51(44-15-9-29-61-55(44)59)52(47-17-6-7-28-60-47)54(68)38-11-2-1-3-12-38;3-2(4,5)1(6)7/h1-25,28-29,32,45,48,51-54,65,68H,26-27,30-31,33-35H2,(H2,59,61)(H,62,66)(H,63,67);(H,6,7). The number of benzene rings is 5. The monoisotopic (exact) mass is 1070 g/mol. The number of pyridine rings is 2. The van der Waals surface area contributed by atoms with Crippen LogP contribution in [-0.4, -0.2) is 81.6 Å². The number of nitrogen functional groups attached to an aromatic ring is 1. The molecule has 0 radical (unpaired) electrons. The van der Waals surface area contributed by atoms with Crippen LogP contribution >= 0.6 is 0 Å². The van der Waals surface area contributed by atoms with Crippen molar-refractivity contribution in [1.82, 2.24) is 15.3 Å². The fraction of sp³-hybridized carbons (Fsp3) is 0.241. The highest BCUT2D eigenvalue weighted by Gasteiger charge is 2.48. The Bertz CT molecular complexity index is 3100. The molecule has 5 aromatic carbocycles. The third kappa shape index (κ3) is 15.2. The van der Waals surface area contributed by atoms with E-state index in [2.05, 4.69) is 20.6 Å². The summed E-state index contributed by atoms with van der Waals surface area (Å²) < 4.78 is 70.3. The van der Waals surface area contributed by atoms with Crippen molar-refractivity contribution in [2.24, 2.45) is 5.92 Å². The summed E-state index contributed by atoms with van der Waals surface area (Å²) in [6.45, 7) is -0.346. The van der Waals surface area contributed by atoms with Gasteiger partial charge in [-0.15, -0.1) is 0 Å². The summed E-state index contributed by atoms with van der Waals surface area (Å²) in [5.41, 5.74) is 12.3. The Hall–Kier alpha value is -8.43. The molecule has 0 spiro atoms. The van der Waals surface area contributed by atoms with Crippen LogP contribution < -0.4 is 21.3 Å². The van der Waals surface area contributed by atoms with Gasteiger partial charge >= 0.3 is 12.1 Å². The van der Waals surface area contributed by atoms with Gasteiger partial charge in [-0.2, -0.15) is 13.2 Å². The molecule has 1 fully saturated rings. The lowest BCUT2D eigenvalue weighted by molar-refractivity contribution is -0.192. The van der Waals surface area contributed by atoms with Crippen LogP contribution in [0.15, 0.2) is 170 Å². The number of anilines is 3. The maximum absolute atomic E-state index is 13.9. The molecule has 0 aliphatic carbocycles. The Morgan fingerprint density at radius 3 is 1.97 bits per heavy atom. The van der Waals surface area contributed by atoms with Crippen molar-refractivity contribution in [2.45, 2.75) is 55.6 Å². The number of aromatic nitrogens is 2. The van der Waals surface area contributed by atoms with Crippen LogP contribution in [0.1, 0.15) is 82.0 Å². The van der Waals surface area contributed by atoms with Crippen molar-refractivity contribution in [3.63, 3.8) is 0 Å². The summed E-state index contributed by atoms with van der Waals surface area (Å²) >= 11 is 0. The second kappa shape index (κ2) is 27.1. The number of carbonyl (C=O) groups excluding carboxylic acids is 3. The van der Waals surface area contributed by atoms with Crippen molar-refractivity contribution >= 4 is 40.9 Å². The summed E-state index contributed by atoms with van der Waals surface area (Å²) in [5, 5.41) is 35.9. The Labute approximate surface area is 445 Å². The Morgan fingerprint density at radius 2 is 1.32 bits per heavy atom. The third-order valence-electron chi connectivity index (χ3n) is 12.8. The zero-order valence-corrected chi connectivity index (χ0v) is 41.7. The summed E-state index contributed by atoms with van der Waals surface area (Å²) in [4.78, 5) is 59.4. The van der Waals surface area contributed by atoms with Crippen molar-refractivity contribution < 1.29 is 65.9 Å². The fourth-order valence-corrected chi connectivity index (χ4v) is 9.14. The second-order valence-electron chi connectivity index (χ2n) is 18.0. The largest absolute Gasteiger partial charge is 0.490 e. The molecule has 78 heavy (non-hydrogen) atoms. The number of amides is 3. The minimum Gasteiger partial charge on any atom is -0.475 e. The molecule has 3 heterocycles. The second-order valence-corrected chi connectivity index (χ2v) is 18.0. The predicted octanol–water partition coefficient (Wildman–Crippen LogP) is 9.13. The number of alkyl halides is 3. The van der Waals surface area contributed by atoms with E-state index < -0.39 is 65.7 Å². The van der Waals surface area contributed by atoms with Crippen LogP contribution in [0.3, 0.4) is 0 Å². The number of rotatable bonds is 22. The van der Waals surface area contributed by atoms with E-state index in [9.17, 15) is 46.5 Å². The summed E-state index contributed by atoms with van der Waals surface area (Å²) in [6, 6.07) is 44.1. The van der Waals surface area contributed by atoms with E-state index in [1.54, 1.807) is 53.7 Å². The van der Waals surface area contributed by atoms with Gasteiger partial charge in [0, 0.05) is 53.4 Å². The Balaban J connectivity index is 0.00000118. The molecule has 7 aromatic rings. The molecule has 6 atom stereocenters. The van der Waals surface area contributed by atoms with Gasteiger partial charge in [0.1, 0.15) is 30.7 Å². The number of β-lactam (4-membered cyclic amide) rings is 1. The van der Waals surface area contributed by atoms with Gasteiger partial charge in [-0.05, 0) is 101 Å². The van der Waals surface area contributed by atoms with E-state index in [-0.39, 0.29) is 57.0 Å². The number of aliphatic carboxylic acids is 1. The SMILES string of the molecule is Nc1ncccc1C(c1ccccc1NC(=O)COCCOCC(=O)NCc1cccc(C2C(CCC(O)c3ccc(F)cc3)C(=O)N2c2ccc(F)cc2)c1)C(c1ccccn1)C(O)c1ccccc1.O=C(O)C(F)(F)F. The lowest BCUT2D eigenvalue weighted by atomic mass is 9.74. The topological polar surface area (TPSA) is 227 Å². The summed E-state index contributed by atoms with van der Waals surface area (Å²) in [6.07, 6.45) is -3.13. The molecule has 7 N–H and O–H groups in total. The summed E-state index contributed by atoms with van der Waals surface area (Å²) in [7, 11) is 0. The minimum atomic E-state index is -5.08. The van der Waals surface area contributed by atoms with E-state index in [0.29, 0.717) is 45.7 Å². The van der Waals surface area contributed by atoms with Crippen LogP contribution in [0.25, 0.3) is 0 Å². The first-order valence-corrected chi connectivity index (χ1v) is 24.6. The van der Waals surface area contributed by atoms with Crippen LogP contribution in [-0.2, 0) is 35.2 Å². The number of para-hydroxylation sites is 1. The smallest absolute Gasteiger partial charge is 0.475 e. The molecule has 2 aromatic heterocycles. The molecule has 0 bridgehead atoms. The van der Waals surface area contributed by atoms with Crippen molar-refractivity contribution in [1.29, 1.82) is 0 Å². The van der Waals surface area contributed by atoms with Gasteiger partial charge in [-0.3, -0.25) is 19.4 Å². The first kappa shape index (κ1) is 57.3. The zero-order chi connectivity index (χ0) is 55.8. The average molecular weight is 1080 g/mol. The number of nitrogens with one attached hydrogen (secondary N) is 2. The highest BCUT2D eigenvalue weighted by atomic mass is 19.4. The maximum atomic E-state index is 13.9. The number of nitrogens with two attached hydrogens (primary N) is 1. The van der Waals surface area contributed by atoms with Gasteiger partial charge in [-0.25, -0.2) is 18.6 Å². The van der Waals surface area contributed by atoms with Crippen LogP contribution in [0.5, 0.6) is 0 Å². The Kier molecular flexibility index (Phi) is 19.9. The molecule has 1 aliphatic heterocycles. The molecule has 3 amide bonds. The van der Waals surface area contributed by atoms with Gasteiger partial charge in [0.2, 0.25) is 17.7 Å². The highest BCUT2D eigenvalue weighted by molar-refractivity contribution is 6.03. The lowest BCUT2D eigenvalue weighted by Gasteiger charge is -2.48. The lowest BCUT2D eigenvalue weighted by Crippen LogP contribution is -2.55. The number of hydrogen-bond donors (Lipinski definition) is 6. The van der Waals surface area contributed by atoms with Crippen molar-refractivity contribution in [3.8, 4) is 0 Å². The van der Waals surface area contributed by atoms with Crippen LogP contribution in [0, 0.1) is 17.6 Å². The van der Waals surface area contributed by atoms with E-state index in [4.69, 9.17) is 25.1 Å². The number of carboxylic acids is 1. The number of ether oxygens (including phenoxy) is 2. The number of nitrogens with zero attached hydrogens (tertiary/aromatic N) is 3. The maximum Gasteiger partial charge on any atom is 0.490 e. The summed E-state index contributed by atoms with van der Waals surface area (Å²) in [5.74, 6) is -6.06. The third-order valence-corrected chi connectivity index (χ3v) is 12.8. The number of carbonyl (C=O) groups is 4. The van der Waals surface area contributed by atoms with Gasteiger partial charge in [0.15, 0.2) is 0 Å². The minimum absolute atomic E-state index is 0.0248. The van der Waals surface area contributed by atoms with Gasteiger partial charge < -0.3 is 46.1 Å². The number of halogens is 5. The van der Waals surface area contributed by atoms with Gasteiger partial charge in [0.05, 0.1) is 37.4 Å². The quantitative estimate of drug-likeness (QED) is 0.0212. The van der Waals surface area contributed by atoms with E-state index in [1.165, 1.54) is 36.4 Å². The molecule has 15 nitrogen and oxygen atoms in total. The molecule has 406 valence electrons. The molecular weight excluding hydrogens is 1020 g/mol.